The van der Waals surface area contributed by atoms with Gasteiger partial charge in [-0.25, -0.2) is 8.42 Å². The van der Waals surface area contributed by atoms with Crippen molar-refractivity contribution in [2.24, 2.45) is 0 Å². The number of nitrogens with zero attached hydrogens (tertiary/aromatic N) is 1. The Labute approximate surface area is 86.9 Å². The number of rotatable bonds is 5. The largest absolute Gasteiger partial charge is 0.344 e. The van der Waals surface area contributed by atoms with Gasteiger partial charge in [0.05, 0.1) is 0 Å². The molecule has 80 valence electrons. The third-order valence-electron chi connectivity index (χ3n) is 1.37. The quantitative estimate of drug-likeness (QED) is 0.695. The number of allylic oxidation sites excluding steroid dienone is 2. The molecule has 0 aromatic heterocycles. The van der Waals surface area contributed by atoms with Crippen molar-refractivity contribution in [2.75, 3.05) is 14.2 Å². The van der Waals surface area contributed by atoms with Crippen molar-refractivity contribution in [3.63, 3.8) is 0 Å². The zero-order valence-corrected chi connectivity index (χ0v) is 10.5. The minimum atomic E-state index is -3.27. The Hall–Kier alpha value is 0.01000. The van der Waals surface area contributed by atoms with E-state index in [1.165, 1.54) is 26.4 Å². The summed E-state index contributed by atoms with van der Waals surface area (Å²) in [6, 6.07) is 0. The molecule has 0 radical (unpaired) electrons. The average Bonchev–Trinajstić information content (AvgIpc) is 2.45. The minimum absolute atomic E-state index is 0.0533. The van der Waals surface area contributed by atoms with Crippen LogP contribution in [-0.2, 0) is 18.9 Å². The molecule has 0 spiro atoms. The number of hydrogen-bond acceptors (Lipinski definition) is 5. The van der Waals surface area contributed by atoms with Crippen molar-refractivity contribution >= 4 is 27.8 Å². The molecular weight excluding hydrogens is 244 g/mol. The molecule has 0 saturated heterocycles. The van der Waals surface area contributed by atoms with E-state index in [1.807, 2.05) is 0 Å². The molecule has 1 rings (SSSR count). The lowest BCUT2D eigenvalue weighted by atomic mass is 10.6. The standard InChI is InChI=1S/C6H11NO4P2S/c1-10-12-7(13-11-2)6-4-3-5-14(6,8)9/h3-5,12-13H,1-2H3. The van der Waals surface area contributed by atoms with Crippen LogP contribution in [0.2, 0.25) is 0 Å². The van der Waals surface area contributed by atoms with Crippen LogP contribution >= 0.6 is 17.9 Å². The lowest BCUT2D eigenvalue weighted by molar-refractivity contribution is 0.434. The van der Waals surface area contributed by atoms with E-state index in [0.29, 0.717) is 0 Å². The first-order valence-electron chi connectivity index (χ1n) is 3.62. The first-order valence-corrected chi connectivity index (χ1v) is 6.88. The first-order chi connectivity index (χ1) is 6.61. The van der Waals surface area contributed by atoms with Gasteiger partial charge in [0.25, 0.3) is 0 Å². The molecule has 0 aromatic rings. The maximum Gasteiger partial charge on any atom is 0.215 e. The summed E-state index contributed by atoms with van der Waals surface area (Å²) in [5.41, 5.74) is 0. The highest BCUT2D eigenvalue weighted by Gasteiger charge is 2.24. The molecule has 0 aliphatic carbocycles. The van der Waals surface area contributed by atoms with E-state index in [1.54, 1.807) is 4.44 Å². The van der Waals surface area contributed by atoms with Gasteiger partial charge < -0.3 is 9.05 Å². The van der Waals surface area contributed by atoms with Crippen LogP contribution in [0.1, 0.15) is 0 Å². The highest BCUT2D eigenvalue weighted by atomic mass is 32.2. The summed E-state index contributed by atoms with van der Waals surface area (Å²) in [5, 5.41) is 1.40. The monoisotopic (exact) mass is 255 g/mol. The van der Waals surface area contributed by atoms with Crippen LogP contribution in [0.3, 0.4) is 0 Å². The summed E-state index contributed by atoms with van der Waals surface area (Å²) in [4.78, 5) is 0. The van der Waals surface area contributed by atoms with Gasteiger partial charge in [-0.15, -0.1) is 0 Å². The van der Waals surface area contributed by atoms with Crippen molar-refractivity contribution < 1.29 is 17.5 Å². The smallest absolute Gasteiger partial charge is 0.215 e. The maximum absolute atomic E-state index is 11.5. The summed E-state index contributed by atoms with van der Waals surface area (Å²) in [6.45, 7) is 0. The second kappa shape index (κ2) is 5.19. The zero-order valence-electron chi connectivity index (χ0n) is 7.72. The molecule has 0 aromatic carbocycles. The molecular formula is C6H11NO4P2S. The fourth-order valence-electron chi connectivity index (χ4n) is 0.883. The summed E-state index contributed by atoms with van der Waals surface area (Å²) < 4.78 is 34.3. The summed E-state index contributed by atoms with van der Waals surface area (Å²) in [7, 11) is -0.347. The SMILES string of the molecule is COPN(POC)C1=CC=CS1(=O)=O. The lowest BCUT2D eigenvalue weighted by Gasteiger charge is -2.21. The summed E-state index contributed by atoms with van der Waals surface area (Å²) in [6.07, 6.45) is 3.03. The van der Waals surface area contributed by atoms with Gasteiger partial charge in [-0.05, 0) is 12.2 Å². The van der Waals surface area contributed by atoms with Gasteiger partial charge in [-0.2, -0.15) is 0 Å². The highest BCUT2D eigenvalue weighted by molar-refractivity contribution is 7.98. The van der Waals surface area contributed by atoms with Crippen molar-refractivity contribution in [1.82, 2.24) is 4.44 Å². The van der Waals surface area contributed by atoms with Crippen molar-refractivity contribution in [3.05, 3.63) is 22.6 Å². The fourth-order valence-corrected chi connectivity index (χ4v) is 4.21. The van der Waals surface area contributed by atoms with Crippen LogP contribution in [0.25, 0.3) is 0 Å². The Balaban J connectivity index is 2.80. The Morgan fingerprint density at radius 1 is 1.29 bits per heavy atom. The molecule has 2 atom stereocenters. The molecule has 2 unspecified atom stereocenters. The third-order valence-corrected chi connectivity index (χ3v) is 4.87. The van der Waals surface area contributed by atoms with E-state index in [2.05, 4.69) is 0 Å². The van der Waals surface area contributed by atoms with Crippen LogP contribution in [0.15, 0.2) is 22.6 Å². The van der Waals surface area contributed by atoms with Crippen LogP contribution < -0.4 is 0 Å². The second-order valence-corrected chi connectivity index (χ2v) is 6.61. The first kappa shape index (κ1) is 12.1. The Morgan fingerprint density at radius 2 is 1.86 bits per heavy atom. The molecule has 0 saturated carbocycles. The fraction of sp³-hybridized carbons (Fsp3) is 0.333. The molecule has 8 heteroatoms. The number of hydrogen-bond donors (Lipinski definition) is 0. The van der Waals surface area contributed by atoms with E-state index < -0.39 is 9.84 Å². The molecule has 0 amide bonds. The minimum Gasteiger partial charge on any atom is -0.344 e. The van der Waals surface area contributed by atoms with Crippen molar-refractivity contribution in [1.29, 1.82) is 0 Å². The predicted molar refractivity (Wildman–Crippen MR) is 58.6 cm³/mol. The van der Waals surface area contributed by atoms with Crippen molar-refractivity contribution in [2.45, 2.75) is 0 Å². The molecule has 0 N–H and O–H groups in total. The maximum atomic E-state index is 11.5. The van der Waals surface area contributed by atoms with Crippen LogP contribution in [0, 0.1) is 0 Å². The lowest BCUT2D eigenvalue weighted by Crippen LogP contribution is -2.10. The van der Waals surface area contributed by atoms with Gasteiger partial charge in [-0.3, -0.25) is 4.44 Å². The molecule has 1 aliphatic heterocycles. The molecule has 1 heterocycles. The Kier molecular flexibility index (Phi) is 4.48. The topological polar surface area (TPSA) is 55.8 Å². The molecule has 0 fully saturated rings. The van der Waals surface area contributed by atoms with Gasteiger partial charge in [0.2, 0.25) is 9.84 Å². The van der Waals surface area contributed by atoms with E-state index in [-0.39, 0.29) is 22.9 Å². The van der Waals surface area contributed by atoms with Crippen LogP contribution in [-0.4, -0.2) is 27.1 Å². The zero-order chi connectivity index (χ0) is 10.6. The average molecular weight is 255 g/mol. The van der Waals surface area contributed by atoms with E-state index in [4.69, 9.17) is 9.05 Å². The summed E-state index contributed by atoms with van der Waals surface area (Å²) in [5.74, 6) is 0. The van der Waals surface area contributed by atoms with Crippen LogP contribution in [0.5, 0.6) is 0 Å². The molecule has 0 bridgehead atoms. The van der Waals surface area contributed by atoms with Gasteiger partial charge in [0.1, 0.15) is 22.9 Å². The highest BCUT2D eigenvalue weighted by Crippen LogP contribution is 2.40. The Bertz CT molecular complexity index is 345. The van der Waals surface area contributed by atoms with E-state index in [9.17, 15) is 8.42 Å². The molecule has 5 nitrogen and oxygen atoms in total. The van der Waals surface area contributed by atoms with E-state index >= 15 is 0 Å². The Morgan fingerprint density at radius 3 is 2.21 bits per heavy atom. The van der Waals surface area contributed by atoms with Gasteiger partial charge in [0, 0.05) is 19.6 Å². The molecule has 14 heavy (non-hydrogen) atoms. The van der Waals surface area contributed by atoms with E-state index in [0.717, 1.165) is 5.41 Å². The van der Waals surface area contributed by atoms with Gasteiger partial charge >= 0.3 is 0 Å². The third kappa shape index (κ3) is 2.75. The molecule has 1 aliphatic rings. The normalized spacial score (nSPS) is 20.0. The number of sulfone groups is 1. The summed E-state index contributed by atoms with van der Waals surface area (Å²) >= 11 is 0. The van der Waals surface area contributed by atoms with Crippen molar-refractivity contribution in [3.8, 4) is 0 Å². The second-order valence-electron chi connectivity index (χ2n) is 2.30. The van der Waals surface area contributed by atoms with Gasteiger partial charge in [0.15, 0.2) is 0 Å². The predicted octanol–water partition coefficient (Wildman–Crippen LogP) is 1.38. The van der Waals surface area contributed by atoms with Crippen LogP contribution in [0.4, 0.5) is 0 Å². The van der Waals surface area contributed by atoms with Gasteiger partial charge in [-0.1, -0.05) is 0 Å².